The number of carbonyl (C=O) groups is 1. The van der Waals surface area contributed by atoms with Gasteiger partial charge in [-0.1, -0.05) is 36.4 Å². The zero-order valence-electron chi connectivity index (χ0n) is 17.2. The first-order chi connectivity index (χ1) is 15.6. The molecule has 0 spiro atoms. The van der Waals surface area contributed by atoms with Gasteiger partial charge in [0.2, 0.25) is 0 Å². The van der Waals surface area contributed by atoms with Gasteiger partial charge in [-0.2, -0.15) is 5.26 Å². The molecule has 4 rings (SSSR count). The summed E-state index contributed by atoms with van der Waals surface area (Å²) in [5, 5.41) is 25.8. The average Bonchev–Trinajstić information content (AvgIpc) is 2.83. The topological polar surface area (TPSA) is 98.1 Å². The van der Waals surface area contributed by atoms with Crippen molar-refractivity contribution < 1.29 is 14.6 Å². The van der Waals surface area contributed by atoms with Crippen LogP contribution in [0.4, 0.5) is 11.4 Å². The number of benzene rings is 3. The molecule has 0 fully saturated rings. The summed E-state index contributed by atoms with van der Waals surface area (Å²) >= 11 is 1.58. The summed E-state index contributed by atoms with van der Waals surface area (Å²) in [6.45, 7) is 0. The lowest BCUT2D eigenvalue weighted by molar-refractivity contribution is -0.255. The van der Waals surface area contributed by atoms with Gasteiger partial charge in [0.25, 0.3) is 0 Å². The van der Waals surface area contributed by atoms with Crippen LogP contribution in [0, 0.1) is 11.3 Å². The fourth-order valence-corrected chi connectivity index (χ4v) is 4.36. The van der Waals surface area contributed by atoms with E-state index in [2.05, 4.69) is 16.4 Å². The highest BCUT2D eigenvalue weighted by molar-refractivity contribution is 7.98. The molecule has 6 nitrogen and oxygen atoms in total. The molecule has 1 N–H and O–H groups in total. The number of rotatable bonds is 7. The second-order valence-electron chi connectivity index (χ2n) is 6.92. The van der Waals surface area contributed by atoms with Crippen LogP contribution in [0.15, 0.2) is 78.0 Å². The summed E-state index contributed by atoms with van der Waals surface area (Å²) in [7, 11) is 1.51. The molecule has 4 aromatic rings. The van der Waals surface area contributed by atoms with Gasteiger partial charge in [-0.15, -0.1) is 11.8 Å². The fourth-order valence-electron chi connectivity index (χ4n) is 3.40. The first kappa shape index (κ1) is 21.2. The predicted molar refractivity (Wildman–Crippen MR) is 123 cm³/mol. The van der Waals surface area contributed by atoms with Crippen molar-refractivity contribution in [2.45, 2.75) is 10.6 Å². The summed E-state index contributed by atoms with van der Waals surface area (Å²) in [4.78, 5) is 16.3. The molecule has 0 bridgehead atoms. The average molecular weight is 441 g/mol. The van der Waals surface area contributed by atoms with Crippen molar-refractivity contribution in [2.75, 3.05) is 12.4 Å². The Morgan fingerprint density at radius 2 is 1.94 bits per heavy atom. The number of aromatic carboxylic acids is 1. The normalized spacial score (nSPS) is 10.5. The lowest BCUT2D eigenvalue weighted by Gasteiger charge is -2.15. The molecule has 0 radical (unpaired) electrons. The smallest absolute Gasteiger partial charge is 0.123 e. The van der Waals surface area contributed by atoms with E-state index in [-0.39, 0.29) is 5.56 Å². The Hall–Kier alpha value is -4.02. The first-order valence-corrected chi connectivity index (χ1v) is 10.7. The van der Waals surface area contributed by atoms with E-state index < -0.39 is 5.97 Å². The molecule has 0 aliphatic rings. The number of carboxylic acids is 1. The monoisotopic (exact) mass is 440 g/mol. The van der Waals surface area contributed by atoms with Crippen LogP contribution in [0.3, 0.4) is 0 Å². The van der Waals surface area contributed by atoms with Crippen molar-refractivity contribution in [1.29, 1.82) is 5.26 Å². The number of thioether (sulfide) groups is 1. The fraction of sp³-hybridized carbons (Fsp3) is 0.0800. The largest absolute Gasteiger partial charge is 0.545 e. The Morgan fingerprint density at radius 3 is 2.69 bits per heavy atom. The highest BCUT2D eigenvalue weighted by atomic mass is 32.2. The molecule has 1 heterocycles. The third-order valence-corrected chi connectivity index (χ3v) is 6.12. The van der Waals surface area contributed by atoms with E-state index in [1.165, 1.54) is 19.2 Å². The van der Waals surface area contributed by atoms with Gasteiger partial charge in [0.05, 0.1) is 36.6 Å². The van der Waals surface area contributed by atoms with Gasteiger partial charge in [0, 0.05) is 44.4 Å². The van der Waals surface area contributed by atoms with Crippen LogP contribution in [0.25, 0.3) is 10.8 Å². The predicted octanol–water partition coefficient (Wildman–Crippen LogP) is 4.51. The maximum absolute atomic E-state index is 11.1. The van der Waals surface area contributed by atoms with Gasteiger partial charge in [-0.25, -0.2) is 0 Å². The number of hydrogen-bond acceptors (Lipinski definition) is 7. The van der Waals surface area contributed by atoms with Crippen molar-refractivity contribution in [3.63, 3.8) is 0 Å². The number of nitrogens with zero attached hydrogens (tertiary/aromatic N) is 2. The van der Waals surface area contributed by atoms with Crippen molar-refractivity contribution in [3.8, 4) is 11.8 Å². The van der Waals surface area contributed by atoms with Crippen LogP contribution in [0.2, 0.25) is 0 Å². The second-order valence-corrected chi connectivity index (χ2v) is 7.93. The zero-order chi connectivity index (χ0) is 22.5. The molecule has 7 heteroatoms. The molecular weight excluding hydrogens is 422 g/mol. The van der Waals surface area contributed by atoms with E-state index in [9.17, 15) is 15.2 Å². The first-order valence-electron chi connectivity index (χ1n) is 9.74. The number of nitriles is 1. The quantitative estimate of drug-likeness (QED) is 0.422. The van der Waals surface area contributed by atoms with Crippen molar-refractivity contribution in [1.82, 2.24) is 4.98 Å². The third kappa shape index (κ3) is 4.36. The van der Waals surface area contributed by atoms with Crippen LogP contribution >= 0.6 is 11.8 Å². The van der Waals surface area contributed by atoms with Crippen LogP contribution < -0.4 is 15.2 Å². The molecule has 0 unspecified atom stereocenters. The highest BCUT2D eigenvalue weighted by Gasteiger charge is 2.11. The number of anilines is 2. The number of aromatic nitrogens is 1. The van der Waals surface area contributed by atoms with Gasteiger partial charge in [0.1, 0.15) is 5.75 Å². The molecule has 3 aromatic carbocycles. The second kappa shape index (κ2) is 9.41. The van der Waals surface area contributed by atoms with E-state index >= 15 is 0 Å². The van der Waals surface area contributed by atoms with Crippen molar-refractivity contribution in [3.05, 3.63) is 89.7 Å². The third-order valence-electron chi connectivity index (χ3n) is 5.00. The minimum absolute atomic E-state index is 0.0783. The van der Waals surface area contributed by atoms with Crippen molar-refractivity contribution in [2.24, 2.45) is 0 Å². The van der Waals surface area contributed by atoms with Gasteiger partial charge >= 0.3 is 0 Å². The number of carbonyl (C=O) groups excluding carboxylic acids is 1. The number of nitrogens with one attached hydrogen (secondary N) is 1. The Labute approximate surface area is 189 Å². The Bertz CT molecular complexity index is 1350. The molecule has 32 heavy (non-hydrogen) atoms. The molecule has 0 atom stereocenters. The molecule has 158 valence electrons. The number of hydrogen-bond donors (Lipinski definition) is 1. The van der Waals surface area contributed by atoms with Gasteiger partial charge in [0.15, 0.2) is 0 Å². The SMILES string of the molecule is COc1cc(C(=O)[O-])ccc1CSc1ccncc1Nc1ccc(C#N)c2ccccc12. The Balaban J connectivity index is 1.61. The van der Waals surface area contributed by atoms with Gasteiger partial charge in [-0.3, -0.25) is 4.98 Å². The zero-order valence-corrected chi connectivity index (χ0v) is 18.0. The number of methoxy groups -OCH3 is 1. The maximum atomic E-state index is 11.1. The van der Waals surface area contributed by atoms with E-state index in [0.717, 1.165) is 32.6 Å². The standard InChI is InChI=1S/C25H19N3O3S/c1-31-23-12-16(25(29)30)6-7-18(23)15-32-24-10-11-27-14-22(24)28-21-9-8-17(13-26)19-4-2-3-5-20(19)21/h2-12,14,28H,15H2,1H3,(H,29,30)/p-1. The lowest BCUT2D eigenvalue weighted by Crippen LogP contribution is -2.22. The van der Waals surface area contributed by atoms with Gasteiger partial charge in [-0.05, 0) is 24.3 Å². The van der Waals surface area contributed by atoms with Crippen molar-refractivity contribution >= 4 is 39.9 Å². The molecule has 0 aliphatic carbocycles. The number of pyridine rings is 1. The summed E-state index contributed by atoms with van der Waals surface area (Å²) in [5.41, 5.74) is 3.28. The lowest BCUT2D eigenvalue weighted by atomic mass is 10.0. The molecular formula is C25H18N3O3S-. The van der Waals surface area contributed by atoms with E-state index in [4.69, 9.17) is 4.74 Å². The molecule has 0 saturated heterocycles. The number of fused-ring (bicyclic) bond motifs is 1. The van der Waals surface area contributed by atoms with Crippen LogP contribution in [0.5, 0.6) is 5.75 Å². The molecule has 1 aromatic heterocycles. The molecule has 0 amide bonds. The molecule has 0 aliphatic heterocycles. The minimum atomic E-state index is -1.24. The summed E-state index contributed by atoms with van der Waals surface area (Å²) in [6, 6.07) is 20.3. The molecule has 0 saturated carbocycles. The van der Waals surface area contributed by atoms with E-state index in [1.54, 1.807) is 36.3 Å². The Morgan fingerprint density at radius 1 is 1.12 bits per heavy atom. The van der Waals surface area contributed by atoms with E-state index in [0.29, 0.717) is 17.1 Å². The number of ether oxygens (including phenoxy) is 1. The Kier molecular flexibility index (Phi) is 6.24. The highest BCUT2D eigenvalue weighted by Crippen LogP contribution is 2.35. The minimum Gasteiger partial charge on any atom is -0.545 e. The van der Waals surface area contributed by atoms with Crippen LogP contribution in [0.1, 0.15) is 21.5 Å². The van der Waals surface area contributed by atoms with Gasteiger partial charge < -0.3 is 20.0 Å². The van der Waals surface area contributed by atoms with E-state index in [1.807, 2.05) is 36.4 Å². The van der Waals surface area contributed by atoms with Crippen LogP contribution in [-0.2, 0) is 5.75 Å². The summed E-state index contributed by atoms with van der Waals surface area (Å²) in [6.07, 6.45) is 3.48. The summed E-state index contributed by atoms with van der Waals surface area (Å²) in [5.74, 6) is -0.165. The maximum Gasteiger partial charge on any atom is 0.123 e. The number of carboxylic acid groups (broad SMARTS) is 1. The summed E-state index contributed by atoms with van der Waals surface area (Å²) < 4.78 is 5.36. The van der Waals surface area contributed by atoms with Crippen LogP contribution in [-0.4, -0.2) is 18.1 Å².